The van der Waals surface area contributed by atoms with E-state index >= 15 is 0 Å². The van der Waals surface area contributed by atoms with Gasteiger partial charge in [0.1, 0.15) is 0 Å². The van der Waals surface area contributed by atoms with Crippen LogP contribution in [0.25, 0.3) is 0 Å². The molecule has 4 aliphatic carbocycles. The molecule has 8 atom stereocenters. The molecule has 36 heavy (non-hydrogen) atoms. The summed E-state index contributed by atoms with van der Waals surface area (Å²) in [5.74, 6) is -2.24. The maximum atomic E-state index is 13.9. The van der Waals surface area contributed by atoms with Crippen molar-refractivity contribution in [1.29, 1.82) is 0 Å². The number of ketones is 2. The minimum atomic E-state index is -1.55. The van der Waals surface area contributed by atoms with Gasteiger partial charge < -0.3 is 14.6 Å². The zero-order valence-electron chi connectivity index (χ0n) is 21.8. The molecule has 1 N–H and O–H groups in total. The predicted octanol–water partition coefficient (Wildman–Crippen LogP) is 4.09. The number of carbonyl (C=O) groups excluding carboxylic acids is 4. The first-order chi connectivity index (χ1) is 16.8. The van der Waals surface area contributed by atoms with Crippen molar-refractivity contribution in [2.24, 2.45) is 28.6 Å². The van der Waals surface area contributed by atoms with Gasteiger partial charge in [-0.15, -0.1) is 11.6 Å². The van der Waals surface area contributed by atoms with Crippen LogP contribution < -0.4 is 0 Å². The van der Waals surface area contributed by atoms with Gasteiger partial charge in [-0.3, -0.25) is 19.2 Å². The molecule has 0 saturated heterocycles. The summed E-state index contributed by atoms with van der Waals surface area (Å²) in [6.45, 7) is 8.61. The highest BCUT2D eigenvalue weighted by Crippen LogP contribution is 2.72. The Labute approximate surface area is 217 Å². The van der Waals surface area contributed by atoms with Gasteiger partial charge >= 0.3 is 11.9 Å². The summed E-state index contributed by atoms with van der Waals surface area (Å²) < 4.78 is 11.3. The van der Waals surface area contributed by atoms with Crippen molar-refractivity contribution in [3.05, 3.63) is 23.8 Å². The maximum Gasteiger partial charge on any atom is 0.306 e. The zero-order valence-corrected chi connectivity index (χ0v) is 22.5. The Bertz CT molecular complexity index is 1050. The van der Waals surface area contributed by atoms with E-state index < -0.39 is 51.7 Å². The van der Waals surface area contributed by atoms with E-state index in [0.29, 0.717) is 19.3 Å². The number of alkyl halides is 1. The Morgan fingerprint density at radius 3 is 2.44 bits per heavy atom. The van der Waals surface area contributed by atoms with E-state index in [1.165, 1.54) is 6.08 Å². The normalized spacial score (nSPS) is 43.1. The minimum absolute atomic E-state index is 0.0801. The van der Waals surface area contributed by atoms with Gasteiger partial charge in [-0.05, 0) is 49.7 Å². The number of hydrogen-bond acceptors (Lipinski definition) is 7. The first kappa shape index (κ1) is 27.1. The summed E-state index contributed by atoms with van der Waals surface area (Å²) in [5.41, 5.74) is -2.27. The van der Waals surface area contributed by atoms with Crippen molar-refractivity contribution in [1.82, 2.24) is 0 Å². The molecular formula is C28H37ClO7. The van der Waals surface area contributed by atoms with Gasteiger partial charge in [-0.25, -0.2) is 0 Å². The fourth-order valence-corrected chi connectivity index (χ4v) is 8.53. The summed E-state index contributed by atoms with van der Waals surface area (Å²) >= 11 is 7.48. The van der Waals surface area contributed by atoms with E-state index in [4.69, 9.17) is 21.1 Å². The quantitative estimate of drug-likeness (QED) is 0.415. The summed E-state index contributed by atoms with van der Waals surface area (Å²) in [5, 5.41) is 11.8. The Morgan fingerprint density at radius 2 is 1.81 bits per heavy atom. The van der Waals surface area contributed by atoms with Crippen molar-refractivity contribution >= 4 is 35.1 Å². The SMILES string of the molecule is CCC(=O)OCC(=O)[C@]1(OC(=O)CC)[C@H](C)CC2C3CCC4=CC(=O)C=C[C@@]4(C)[C@]3(Cl)[C@H](O)C[C@]21C. The number of allylic oxidation sites excluding steroid dienone is 4. The van der Waals surface area contributed by atoms with Crippen LogP contribution in [0.2, 0.25) is 0 Å². The van der Waals surface area contributed by atoms with E-state index in [-0.39, 0.29) is 42.8 Å². The number of aliphatic hydroxyl groups is 1. The van der Waals surface area contributed by atoms with Crippen molar-refractivity contribution in [2.75, 3.05) is 6.61 Å². The van der Waals surface area contributed by atoms with Crippen LogP contribution in [-0.4, -0.2) is 51.8 Å². The molecule has 4 aliphatic rings. The van der Waals surface area contributed by atoms with E-state index in [9.17, 15) is 24.3 Å². The average Bonchev–Trinajstić information content (AvgIpc) is 3.05. The molecule has 0 aromatic carbocycles. The third-order valence-electron chi connectivity index (χ3n) is 9.81. The van der Waals surface area contributed by atoms with Gasteiger partial charge in [0.25, 0.3) is 0 Å². The lowest BCUT2D eigenvalue weighted by Crippen LogP contribution is -2.69. The molecule has 2 unspecified atom stereocenters. The number of ether oxygens (including phenoxy) is 2. The summed E-state index contributed by atoms with van der Waals surface area (Å²) in [6, 6.07) is 0. The smallest absolute Gasteiger partial charge is 0.306 e. The Hall–Kier alpha value is -1.99. The fourth-order valence-electron chi connectivity index (χ4n) is 8.01. The van der Waals surface area contributed by atoms with Crippen molar-refractivity contribution < 1.29 is 33.8 Å². The number of esters is 2. The molecule has 0 amide bonds. The van der Waals surface area contributed by atoms with Crippen LogP contribution in [0.15, 0.2) is 23.8 Å². The highest BCUT2D eigenvalue weighted by atomic mass is 35.5. The van der Waals surface area contributed by atoms with Crippen LogP contribution in [-0.2, 0) is 28.7 Å². The maximum absolute atomic E-state index is 13.9. The first-order valence-electron chi connectivity index (χ1n) is 13.0. The highest BCUT2D eigenvalue weighted by Gasteiger charge is 2.76. The molecule has 0 bridgehead atoms. The predicted molar refractivity (Wildman–Crippen MR) is 133 cm³/mol. The van der Waals surface area contributed by atoms with Gasteiger partial charge in [0.2, 0.25) is 5.78 Å². The molecule has 7 nitrogen and oxygen atoms in total. The van der Waals surface area contributed by atoms with Crippen LogP contribution >= 0.6 is 11.6 Å². The second-order valence-electron chi connectivity index (χ2n) is 11.4. The van der Waals surface area contributed by atoms with E-state index in [1.54, 1.807) is 19.9 Å². The Morgan fingerprint density at radius 1 is 1.14 bits per heavy atom. The number of carbonyl (C=O) groups is 4. The Balaban J connectivity index is 1.80. The third-order valence-corrected chi connectivity index (χ3v) is 10.7. The Kier molecular flexibility index (Phi) is 6.83. The topological polar surface area (TPSA) is 107 Å². The molecule has 3 fully saturated rings. The van der Waals surface area contributed by atoms with Gasteiger partial charge in [0.15, 0.2) is 18.0 Å². The lowest BCUT2D eigenvalue weighted by molar-refractivity contribution is -0.203. The molecule has 3 saturated carbocycles. The molecule has 4 rings (SSSR count). The second kappa shape index (κ2) is 9.09. The summed E-state index contributed by atoms with van der Waals surface area (Å²) in [7, 11) is 0. The average molecular weight is 521 g/mol. The fraction of sp³-hybridized carbons (Fsp3) is 0.714. The van der Waals surface area contributed by atoms with Crippen LogP contribution in [0.3, 0.4) is 0 Å². The summed E-state index contributed by atoms with van der Waals surface area (Å²) in [6.07, 6.45) is 6.18. The molecule has 8 heteroatoms. The van der Waals surface area contributed by atoms with Gasteiger partial charge in [-0.2, -0.15) is 0 Å². The molecule has 0 aliphatic heterocycles. The molecule has 0 radical (unpaired) electrons. The van der Waals surface area contributed by atoms with Gasteiger partial charge in [0, 0.05) is 29.6 Å². The third kappa shape index (κ3) is 3.48. The number of halogens is 1. The van der Waals surface area contributed by atoms with Gasteiger partial charge in [-0.1, -0.05) is 46.3 Å². The first-order valence-corrected chi connectivity index (χ1v) is 13.4. The molecule has 0 heterocycles. The lowest BCUT2D eigenvalue weighted by atomic mass is 9.45. The molecular weight excluding hydrogens is 484 g/mol. The second-order valence-corrected chi connectivity index (χ2v) is 12.0. The van der Waals surface area contributed by atoms with Crippen molar-refractivity contribution in [2.45, 2.75) is 89.7 Å². The van der Waals surface area contributed by atoms with Crippen molar-refractivity contribution in [3.8, 4) is 0 Å². The van der Waals surface area contributed by atoms with E-state index in [0.717, 1.165) is 5.57 Å². The number of fused-ring (bicyclic) bond motifs is 5. The minimum Gasteiger partial charge on any atom is -0.457 e. The zero-order chi connectivity index (χ0) is 26.7. The highest BCUT2D eigenvalue weighted by molar-refractivity contribution is 6.26. The lowest BCUT2D eigenvalue weighted by Gasteiger charge is -2.64. The number of Topliss-reactive ketones (excluding diaryl/α,β-unsaturated/α-hetero) is 1. The number of rotatable bonds is 6. The van der Waals surface area contributed by atoms with E-state index in [2.05, 4.69) is 0 Å². The van der Waals surface area contributed by atoms with Crippen LogP contribution in [0.5, 0.6) is 0 Å². The molecule has 0 aromatic heterocycles. The molecule has 0 spiro atoms. The van der Waals surface area contributed by atoms with Gasteiger partial charge in [0.05, 0.1) is 11.0 Å². The molecule has 198 valence electrons. The van der Waals surface area contributed by atoms with Crippen LogP contribution in [0.1, 0.15) is 73.1 Å². The largest absolute Gasteiger partial charge is 0.457 e. The standard InChI is InChI=1S/C28H37ClO7/c1-6-23(33)35-15-22(32)28(36-24(34)7-2)16(3)12-20-19-9-8-17-13-18(30)10-11-25(17,4)27(19,29)21(31)14-26(20,28)5/h10-11,13,16,19-21,31H,6-9,12,14-15H2,1-5H3/t16-,19?,20?,21-,25-,26-,27-,28-/m1/s1. The van der Waals surface area contributed by atoms with E-state index in [1.807, 2.05) is 26.8 Å². The molecule has 0 aromatic rings. The monoisotopic (exact) mass is 520 g/mol. The number of hydrogen-bond donors (Lipinski definition) is 1. The van der Waals surface area contributed by atoms with Crippen molar-refractivity contribution in [3.63, 3.8) is 0 Å². The summed E-state index contributed by atoms with van der Waals surface area (Å²) in [4.78, 5) is 49.5. The number of aliphatic hydroxyl groups excluding tert-OH is 1. The van der Waals surface area contributed by atoms with Crippen LogP contribution in [0.4, 0.5) is 0 Å². The van der Waals surface area contributed by atoms with Crippen LogP contribution in [0, 0.1) is 28.6 Å².